The molecule has 136 valence electrons. The van der Waals surface area contributed by atoms with E-state index in [1.165, 1.54) is 44.1 Å². The Labute approximate surface area is 150 Å². The standard InChI is InChI=1S/C20H30N4O/c1-15-9-12-24(13-10-15)20-22-14-18(16(2)23-20)19(25)21-11-8-17-6-4-3-5-7-17/h6,14-15H,3-5,7-13H2,1-2H3,(H,21,25). The van der Waals surface area contributed by atoms with E-state index in [1.807, 2.05) is 6.92 Å². The highest BCUT2D eigenvalue weighted by molar-refractivity contribution is 5.95. The largest absolute Gasteiger partial charge is 0.352 e. The highest BCUT2D eigenvalue weighted by Gasteiger charge is 2.19. The van der Waals surface area contributed by atoms with Gasteiger partial charge in [0.1, 0.15) is 0 Å². The van der Waals surface area contributed by atoms with Gasteiger partial charge in [0.05, 0.1) is 11.3 Å². The summed E-state index contributed by atoms with van der Waals surface area (Å²) in [4.78, 5) is 23.7. The van der Waals surface area contributed by atoms with Gasteiger partial charge in [-0.2, -0.15) is 0 Å². The third kappa shape index (κ3) is 4.80. The second-order valence-corrected chi connectivity index (χ2v) is 7.45. The predicted molar refractivity (Wildman–Crippen MR) is 101 cm³/mol. The van der Waals surface area contributed by atoms with Crippen molar-refractivity contribution in [3.8, 4) is 0 Å². The minimum atomic E-state index is -0.0623. The van der Waals surface area contributed by atoms with Gasteiger partial charge in [-0.1, -0.05) is 18.6 Å². The average Bonchev–Trinajstić information content (AvgIpc) is 2.63. The molecular formula is C20H30N4O. The van der Waals surface area contributed by atoms with Crippen LogP contribution in [-0.2, 0) is 0 Å². The molecule has 5 nitrogen and oxygen atoms in total. The lowest BCUT2D eigenvalue weighted by molar-refractivity contribution is 0.0952. The first-order chi connectivity index (χ1) is 12.1. The quantitative estimate of drug-likeness (QED) is 0.830. The third-order valence-corrected chi connectivity index (χ3v) is 5.39. The van der Waals surface area contributed by atoms with E-state index in [2.05, 4.69) is 33.2 Å². The van der Waals surface area contributed by atoms with Crippen LogP contribution >= 0.6 is 0 Å². The zero-order chi connectivity index (χ0) is 17.6. The van der Waals surface area contributed by atoms with Crippen LogP contribution in [0, 0.1) is 12.8 Å². The van der Waals surface area contributed by atoms with Crippen molar-refractivity contribution in [1.82, 2.24) is 15.3 Å². The van der Waals surface area contributed by atoms with E-state index in [1.54, 1.807) is 6.20 Å². The van der Waals surface area contributed by atoms with Gasteiger partial charge >= 0.3 is 0 Å². The molecule has 0 spiro atoms. The van der Waals surface area contributed by atoms with E-state index in [9.17, 15) is 4.79 Å². The van der Waals surface area contributed by atoms with Crippen LogP contribution in [0.2, 0.25) is 0 Å². The van der Waals surface area contributed by atoms with E-state index in [4.69, 9.17) is 0 Å². The molecule has 1 N–H and O–H groups in total. The summed E-state index contributed by atoms with van der Waals surface area (Å²) in [6.07, 6.45) is 12.3. The number of allylic oxidation sites excluding steroid dienone is 1. The molecule has 1 aromatic rings. The van der Waals surface area contributed by atoms with E-state index in [0.29, 0.717) is 12.1 Å². The third-order valence-electron chi connectivity index (χ3n) is 5.39. The molecule has 1 saturated heterocycles. The maximum absolute atomic E-state index is 12.4. The number of amides is 1. The smallest absolute Gasteiger partial charge is 0.254 e. The van der Waals surface area contributed by atoms with Gasteiger partial charge < -0.3 is 10.2 Å². The number of carbonyl (C=O) groups is 1. The first-order valence-electron chi connectivity index (χ1n) is 9.68. The number of rotatable bonds is 5. The number of aromatic nitrogens is 2. The summed E-state index contributed by atoms with van der Waals surface area (Å²) in [6, 6.07) is 0. The molecule has 1 aliphatic carbocycles. The SMILES string of the molecule is Cc1nc(N2CCC(C)CC2)ncc1C(=O)NCCC1=CCCCC1. The van der Waals surface area contributed by atoms with Crippen molar-refractivity contribution in [2.24, 2.45) is 5.92 Å². The highest BCUT2D eigenvalue weighted by Crippen LogP contribution is 2.21. The number of hydrogen-bond acceptors (Lipinski definition) is 4. The number of anilines is 1. The van der Waals surface area contributed by atoms with Crippen LogP contribution < -0.4 is 10.2 Å². The Balaban J connectivity index is 1.54. The second-order valence-electron chi connectivity index (χ2n) is 7.45. The van der Waals surface area contributed by atoms with Gasteiger partial charge in [-0.3, -0.25) is 4.79 Å². The van der Waals surface area contributed by atoms with Gasteiger partial charge in [0.15, 0.2) is 0 Å². The van der Waals surface area contributed by atoms with E-state index in [-0.39, 0.29) is 5.91 Å². The molecule has 1 amide bonds. The Morgan fingerprint density at radius 3 is 2.80 bits per heavy atom. The van der Waals surface area contributed by atoms with E-state index < -0.39 is 0 Å². The molecule has 1 aromatic heterocycles. The summed E-state index contributed by atoms with van der Waals surface area (Å²) in [5, 5.41) is 3.02. The average molecular weight is 342 g/mol. The Morgan fingerprint density at radius 1 is 1.32 bits per heavy atom. The number of carbonyl (C=O) groups excluding carboxylic acids is 1. The Morgan fingerprint density at radius 2 is 2.12 bits per heavy atom. The fourth-order valence-corrected chi connectivity index (χ4v) is 3.60. The van der Waals surface area contributed by atoms with Crippen molar-refractivity contribution in [3.63, 3.8) is 0 Å². The zero-order valence-corrected chi connectivity index (χ0v) is 15.6. The molecule has 1 aliphatic heterocycles. The second kappa shape index (κ2) is 8.45. The number of hydrogen-bond donors (Lipinski definition) is 1. The minimum absolute atomic E-state index is 0.0623. The van der Waals surface area contributed by atoms with Crippen LogP contribution in [0.25, 0.3) is 0 Å². The molecule has 25 heavy (non-hydrogen) atoms. The Bertz CT molecular complexity index is 633. The lowest BCUT2D eigenvalue weighted by Gasteiger charge is -2.30. The van der Waals surface area contributed by atoms with E-state index in [0.717, 1.165) is 37.1 Å². The maximum Gasteiger partial charge on any atom is 0.254 e. The molecule has 0 aromatic carbocycles. The first-order valence-corrected chi connectivity index (χ1v) is 9.68. The molecule has 2 heterocycles. The summed E-state index contributed by atoms with van der Waals surface area (Å²) >= 11 is 0. The molecule has 0 unspecified atom stereocenters. The minimum Gasteiger partial charge on any atom is -0.352 e. The van der Waals surface area contributed by atoms with Gasteiger partial charge in [0, 0.05) is 25.8 Å². The lowest BCUT2D eigenvalue weighted by Crippen LogP contribution is -2.34. The number of nitrogens with zero attached hydrogens (tertiary/aromatic N) is 3. The first kappa shape index (κ1) is 17.9. The van der Waals surface area contributed by atoms with Gasteiger partial charge in [0.25, 0.3) is 5.91 Å². The number of piperidine rings is 1. The molecule has 3 rings (SSSR count). The van der Waals surface area contributed by atoms with Crippen molar-refractivity contribution in [1.29, 1.82) is 0 Å². The van der Waals surface area contributed by atoms with Crippen LogP contribution in [0.4, 0.5) is 5.95 Å². The summed E-state index contributed by atoms with van der Waals surface area (Å²) < 4.78 is 0. The zero-order valence-electron chi connectivity index (χ0n) is 15.6. The Kier molecular flexibility index (Phi) is 6.05. The van der Waals surface area contributed by atoms with Crippen molar-refractivity contribution in [2.45, 2.75) is 58.8 Å². The molecule has 2 aliphatic rings. The van der Waals surface area contributed by atoms with E-state index >= 15 is 0 Å². The van der Waals surface area contributed by atoms with Gasteiger partial charge in [-0.05, 0) is 57.8 Å². The van der Waals surface area contributed by atoms with Gasteiger partial charge in [-0.25, -0.2) is 9.97 Å². The van der Waals surface area contributed by atoms with Crippen molar-refractivity contribution in [3.05, 3.63) is 29.1 Å². The molecule has 5 heteroatoms. The van der Waals surface area contributed by atoms with Crippen molar-refractivity contribution >= 4 is 11.9 Å². The van der Waals surface area contributed by atoms with Crippen molar-refractivity contribution in [2.75, 3.05) is 24.5 Å². The molecule has 0 atom stereocenters. The molecule has 1 fully saturated rings. The van der Waals surface area contributed by atoms with Gasteiger partial charge in [0.2, 0.25) is 5.95 Å². The number of nitrogens with one attached hydrogen (secondary N) is 1. The Hall–Kier alpha value is -1.91. The fourth-order valence-electron chi connectivity index (χ4n) is 3.60. The fraction of sp³-hybridized carbons (Fsp3) is 0.650. The topological polar surface area (TPSA) is 58.1 Å². The molecule has 0 saturated carbocycles. The lowest BCUT2D eigenvalue weighted by atomic mass is 9.97. The van der Waals surface area contributed by atoms with Crippen LogP contribution in [0.5, 0.6) is 0 Å². The molecule has 0 radical (unpaired) electrons. The monoisotopic (exact) mass is 342 g/mol. The summed E-state index contributed by atoms with van der Waals surface area (Å²) in [5.41, 5.74) is 2.83. The summed E-state index contributed by atoms with van der Waals surface area (Å²) in [6.45, 7) is 6.88. The van der Waals surface area contributed by atoms with Gasteiger partial charge in [-0.15, -0.1) is 0 Å². The highest BCUT2D eigenvalue weighted by atomic mass is 16.1. The predicted octanol–water partition coefficient (Wildman–Crippen LogP) is 3.64. The molecular weight excluding hydrogens is 312 g/mol. The van der Waals surface area contributed by atoms with Crippen LogP contribution in [0.1, 0.15) is 67.9 Å². The normalized spacial score (nSPS) is 18.8. The van der Waals surface area contributed by atoms with Crippen LogP contribution in [0.15, 0.2) is 17.8 Å². The maximum atomic E-state index is 12.4. The van der Waals surface area contributed by atoms with Crippen LogP contribution in [-0.4, -0.2) is 35.5 Å². The summed E-state index contributed by atoms with van der Waals surface area (Å²) in [7, 11) is 0. The molecule has 0 bridgehead atoms. The number of aryl methyl sites for hydroxylation is 1. The van der Waals surface area contributed by atoms with Crippen LogP contribution in [0.3, 0.4) is 0 Å². The van der Waals surface area contributed by atoms with Crippen molar-refractivity contribution < 1.29 is 4.79 Å². The summed E-state index contributed by atoms with van der Waals surface area (Å²) in [5.74, 6) is 1.47.